The summed E-state index contributed by atoms with van der Waals surface area (Å²) in [5.74, 6) is -2.91. The van der Waals surface area contributed by atoms with E-state index in [0.717, 1.165) is 19.3 Å². The standard InChI is InChI=1S/C16H22F3NO3/c1-8(2)12(15(22)23-3)20-13-10-7-5-4-6-9(10)11(13)14(21)16(17,18)19/h8-10,12,20H,4-7H2,1-3H3. The fraction of sp³-hybridized carbons (Fsp3) is 0.750. The zero-order chi connectivity index (χ0) is 17.4. The number of rotatable bonds is 5. The first-order chi connectivity index (χ1) is 10.7. The predicted molar refractivity (Wildman–Crippen MR) is 77.3 cm³/mol. The van der Waals surface area contributed by atoms with Crippen LogP contribution >= 0.6 is 0 Å². The van der Waals surface area contributed by atoms with Crippen LogP contribution in [0.25, 0.3) is 0 Å². The van der Waals surface area contributed by atoms with E-state index in [1.807, 2.05) is 0 Å². The van der Waals surface area contributed by atoms with E-state index < -0.39 is 24.0 Å². The third-order valence-electron chi connectivity index (χ3n) is 4.73. The second-order valence-electron chi connectivity index (χ2n) is 6.54. The van der Waals surface area contributed by atoms with E-state index in [2.05, 4.69) is 5.32 Å². The highest BCUT2D eigenvalue weighted by Gasteiger charge is 2.52. The van der Waals surface area contributed by atoms with Crippen molar-refractivity contribution in [3.05, 3.63) is 11.3 Å². The van der Waals surface area contributed by atoms with Crippen molar-refractivity contribution in [2.24, 2.45) is 17.8 Å². The largest absolute Gasteiger partial charge is 0.467 e. The molecular formula is C16H22F3NO3. The van der Waals surface area contributed by atoms with E-state index in [4.69, 9.17) is 4.74 Å². The van der Waals surface area contributed by atoms with Crippen molar-refractivity contribution in [3.63, 3.8) is 0 Å². The minimum Gasteiger partial charge on any atom is -0.467 e. The highest BCUT2D eigenvalue weighted by Crippen LogP contribution is 2.50. The average Bonchev–Trinajstić information content (AvgIpc) is 2.46. The van der Waals surface area contributed by atoms with E-state index in [0.29, 0.717) is 12.1 Å². The minimum absolute atomic E-state index is 0.0871. The van der Waals surface area contributed by atoms with Crippen LogP contribution in [-0.2, 0) is 14.3 Å². The molecule has 3 atom stereocenters. The Hall–Kier alpha value is -1.53. The number of methoxy groups -OCH3 is 1. The molecule has 4 nitrogen and oxygen atoms in total. The van der Waals surface area contributed by atoms with Gasteiger partial charge in [0.05, 0.1) is 7.11 Å². The Bertz CT molecular complexity index is 525. The fourth-order valence-electron chi connectivity index (χ4n) is 3.55. The quantitative estimate of drug-likeness (QED) is 0.786. The maximum atomic E-state index is 12.9. The Kier molecular flexibility index (Phi) is 5.06. The van der Waals surface area contributed by atoms with Crippen LogP contribution in [0.4, 0.5) is 13.2 Å². The molecule has 1 fully saturated rings. The first kappa shape index (κ1) is 17.8. The van der Waals surface area contributed by atoms with Crippen molar-refractivity contribution in [2.75, 3.05) is 7.11 Å². The van der Waals surface area contributed by atoms with Crippen LogP contribution in [0.15, 0.2) is 11.3 Å². The number of alkyl halides is 3. The van der Waals surface area contributed by atoms with Crippen molar-refractivity contribution < 1.29 is 27.5 Å². The molecule has 130 valence electrons. The van der Waals surface area contributed by atoms with Crippen LogP contribution < -0.4 is 5.32 Å². The lowest BCUT2D eigenvalue weighted by Crippen LogP contribution is -2.51. The highest BCUT2D eigenvalue weighted by molar-refractivity contribution is 6.02. The molecular weight excluding hydrogens is 311 g/mol. The molecule has 1 N–H and O–H groups in total. The summed E-state index contributed by atoms with van der Waals surface area (Å²) in [7, 11) is 1.24. The summed E-state index contributed by atoms with van der Waals surface area (Å²) in [6.07, 6.45) is -1.80. The third-order valence-corrected chi connectivity index (χ3v) is 4.73. The van der Waals surface area contributed by atoms with Crippen molar-refractivity contribution in [3.8, 4) is 0 Å². The van der Waals surface area contributed by atoms with Gasteiger partial charge in [-0.1, -0.05) is 26.7 Å². The number of halogens is 3. The maximum absolute atomic E-state index is 12.9. The van der Waals surface area contributed by atoms with E-state index >= 15 is 0 Å². The monoisotopic (exact) mass is 333 g/mol. The smallest absolute Gasteiger partial charge is 0.454 e. The second kappa shape index (κ2) is 6.53. The zero-order valence-corrected chi connectivity index (χ0v) is 13.5. The lowest BCUT2D eigenvalue weighted by atomic mass is 9.62. The topological polar surface area (TPSA) is 55.4 Å². The molecule has 0 aromatic heterocycles. The van der Waals surface area contributed by atoms with Crippen LogP contribution in [-0.4, -0.2) is 31.1 Å². The molecule has 0 heterocycles. The van der Waals surface area contributed by atoms with Gasteiger partial charge >= 0.3 is 12.1 Å². The van der Waals surface area contributed by atoms with Gasteiger partial charge in [0.15, 0.2) is 0 Å². The van der Waals surface area contributed by atoms with Gasteiger partial charge in [-0.05, 0) is 24.7 Å². The van der Waals surface area contributed by atoms with Gasteiger partial charge in [-0.15, -0.1) is 0 Å². The molecule has 0 saturated heterocycles. The Balaban J connectivity index is 2.33. The summed E-state index contributed by atoms with van der Waals surface area (Å²) in [6.45, 7) is 3.55. The number of allylic oxidation sites excluding steroid dienone is 2. The lowest BCUT2D eigenvalue weighted by Gasteiger charge is -2.46. The number of hydrogen-bond donors (Lipinski definition) is 1. The Morgan fingerprint density at radius 1 is 1.17 bits per heavy atom. The Morgan fingerprint density at radius 2 is 1.74 bits per heavy atom. The minimum atomic E-state index is -4.89. The number of ether oxygens (including phenoxy) is 1. The highest BCUT2D eigenvalue weighted by atomic mass is 19.4. The molecule has 2 rings (SSSR count). The fourth-order valence-corrected chi connectivity index (χ4v) is 3.55. The zero-order valence-electron chi connectivity index (χ0n) is 13.5. The van der Waals surface area contributed by atoms with Gasteiger partial charge in [-0.2, -0.15) is 13.2 Å². The van der Waals surface area contributed by atoms with E-state index in [1.165, 1.54) is 7.11 Å². The first-order valence-corrected chi connectivity index (χ1v) is 7.88. The molecule has 0 spiro atoms. The molecule has 0 amide bonds. The number of esters is 1. The number of carbonyl (C=O) groups excluding carboxylic acids is 2. The van der Waals surface area contributed by atoms with Crippen LogP contribution in [0.2, 0.25) is 0 Å². The molecule has 0 radical (unpaired) electrons. The molecule has 1 saturated carbocycles. The lowest BCUT2D eigenvalue weighted by molar-refractivity contribution is -0.168. The van der Waals surface area contributed by atoms with E-state index in [-0.39, 0.29) is 23.3 Å². The molecule has 2 aliphatic carbocycles. The van der Waals surface area contributed by atoms with Crippen molar-refractivity contribution >= 4 is 11.8 Å². The van der Waals surface area contributed by atoms with Gasteiger partial charge in [0.2, 0.25) is 0 Å². The number of hydrogen-bond acceptors (Lipinski definition) is 4. The van der Waals surface area contributed by atoms with Crippen molar-refractivity contribution in [1.29, 1.82) is 0 Å². The van der Waals surface area contributed by atoms with E-state index in [9.17, 15) is 22.8 Å². The van der Waals surface area contributed by atoms with Gasteiger partial charge in [-0.25, -0.2) is 4.79 Å². The summed E-state index contributed by atoms with van der Waals surface area (Å²) in [6, 6.07) is -0.756. The van der Waals surface area contributed by atoms with Crippen molar-refractivity contribution in [2.45, 2.75) is 51.7 Å². The summed E-state index contributed by atoms with van der Waals surface area (Å²) < 4.78 is 43.3. The van der Waals surface area contributed by atoms with Crippen molar-refractivity contribution in [1.82, 2.24) is 5.32 Å². The second-order valence-corrected chi connectivity index (χ2v) is 6.54. The normalized spacial score (nSPS) is 25.5. The van der Waals surface area contributed by atoms with Gasteiger partial charge in [0, 0.05) is 17.2 Å². The summed E-state index contributed by atoms with van der Waals surface area (Å²) >= 11 is 0. The van der Waals surface area contributed by atoms with Crippen LogP contribution in [0.5, 0.6) is 0 Å². The van der Waals surface area contributed by atoms with Gasteiger partial charge in [-0.3, -0.25) is 4.79 Å². The van der Waals surface area contributed by atoms with E-state index in [1.54, 1.807) is 13.8 Å². The van der Waals surface area contributed by atoms with Gasteiger partial charge in [0.1, 0.15) is 6.04 Å². The summed E-state index contributed by atoms with van der Waals surface area (Å²) in [5.41, 5.74) is 0.109. The number of nitrogens with one attached hydrogen (secondary N) is 1. The molecule has 0 aromatic rings. The van der Waals surface area contributed by atoms with Gasteiger partial charge in [0.25, 0.3) is 5.78 Å². The number of carbonyl (C=O) groups is 2. The van der Waals surface area contributed by atoms with Gasteiger partial charge < -0.3 is 10.1 Å². The number of ketones is 1. The van der Waals surface area contributed by atoms with Crippen LogP contribution in [0, 0.1) is 17.8 Å². The predicted octanol–water partition coefficient (Wildman–Crippen LogP) is 2.98. The molecule has 23 heavy (non-hydrogen) atoms. The SMILES string of the molecule is COC(=O)C(NC1=C(C(=O)C(F)(F)F)C2CCCCC12)C(C)C. The van der Waals surface area contributed by atoms with Crippen LogP contribution in [0.3, 0.4) is 0 Å². The van der Waals surface area contributed by atoms with Crippen LogP contribution in [0.1, 0.15) is 39.5 Å². The number of Topliss-reactive ketones (excluding diaryl/α,β-unsaturated/α-hetero) is 1. The Morgan fingerprint density at radius 3 is 2.22 bits per heavy atom. The Labute approximate surface area is 133 Å². The molecule has 0 aliphatic heterocycles. The average molecular weight is 333 g/mol. The molecule has 7 heteroatoms. The third kappa shape index (κ3) is 3.38. The first-order valence-electron chi connectivity index (χ1n) is 7.88. The summed E-state index contributed by atoms with van der Waals surface area (Å²) in [4.78, 5) is 23.6. The summed E-state index contributed by atoms with van der Waals surface area (Å²) in [5, 5.41) is 2.89. The molecule has 0 aromatic carbocycles. The number of fused-ring (bicyclic) bond motifs is 1. The maximum Gasteiger partial charge on any atom is 0.454 e. The molecule has 3 unspecified atom stereocenters. The molecule has 0 bridgehead atoms. The molecule has 2 aliphatic rings.